The fraction of sp³-hybridized carbons (Fsp3) is 0.0638. The molecule has 2 heterocycles. The summed E-state index contributed by atoms with van der Waals surface area (Å²) in [6.45, 7) is 0. The first-order chi connectivity index (χ1) is 24.8. The van der Waals surface area contributed by atoms with Crippen LogP contribution in [0.4, 0.5) is 0 Å². The van der Waals surface area contributed by atoms with Crippen molar-refractivity contribution in [3.63, 3.8) is 0 Å². The van der Waals surface area contributed by atoms with Gasteiger partial charge in [0.25, 0.3) is 0 Å². The molecule has 2 atom stereocenters. The molecule has 0 saturated heterocycles. The van der Waals surface area contributed by atoms with Crippen LogP contribution in [-0.2, 0) is 5.41 Å². The summed E-state index contributed by atoms with van der Waals surface area (Å²) in [5.41, 5.74) is 18.2. The molecule has 2 aromatic heterocycles. The van der Waals surface area contributed by atoms with Crippen LogP contribution in [0.15, 0.2) is 187 Å². The van der Waals surface area contributed by atoms with Crippen LogP contribution < -0.4 is 0 Å². The van der Waals surface area contributed by atoms with Crippen LogP contribution in [0.1, 0.15) is 40.5 Å². The number of hydrogen-bond acceptors (Lipinski definition) is 2. The molecule has 3 aliphatic rings. The standard InChI is InChI=1S/C47H31N3/c1-4-16-32(17-5-1)44-43-39-24-10-13-25-40(39)47(34-20-8-3-9-21-34,45(43)49-46(48-44)33-18-6-2-7-19-33)35-28-30-36(31-29-35)50-41-26-14-11-22-37(41)38-23-12-15-27-42(38)50/h1-12,14-18,20-24,26-31,33H,19H2. The van der Waals surface area contributed by atoms with Crippen LogP contribution in [-0.4, -0.2) is 14.5 Å². The lowest BCUT2D eigenvalue weighted by atomic mass is 9.69. The zero-order valence-corrected chi connectivity index (χ0v) is 27.3. The minimum absolute atomic E-state index is 0.0816. The molecule has 7 aromatic rings. The summed E-state index contributed by atoms with van der Waals surface area (Å²) >= 11 is 0. The lowest BCUT2D eigenvalue weighted by molar-refractivity contribution is 0.698. The monoisotopic (exact) mass is 637 g/mol. The Morgan fingerprint density at radius 3 is 2.02 bits per heavy atom. The van der Waals surface area contributed by atoms with E-state index in [1.165, 1.54) is 21.8 Å². The fourth-order valence-corrected chi connectivity index (χ4v) is 8.24. The van der Waals surface area contributed by atoms with Crippen molar-refractivity contribution >= 4 is 27.4 Å². The third-order valence-corrected chi connectivity index (χ3v) is 10.4. The predicted octanol–water partition coefficient (Wildman–Crippen LogP) is 10.8. The Balaban J connectivity index is 1.27. The van der Waals surface area contributed by atoms with Crippen molar-refractivity contribution in [2.45, 2.75) is 17.8 Å². The number of allylic oxidation sites excluding steroid dienone is 8. The van der Waals surface area contributed by atoms with E-state index in [0.29, 0.717) is 0 Å². The molecule has 0 amide bonds. The van der Waals surface area contributed by atoms with Gasteiger partial charge in [-0.25, -0.2) is 9.97 Å². The van der Waals surface area contributed by atoms with E-state index in [9.17, 15) is 0 Å². The van der Waals surface area contributed by atoms with Crippen LogP contribution >= 0.6 is 0 Å². The summed E-state index contributed by atoms with van der Waals surface area (Å²) in [5, 5.41) is 2.50. The van der Waals surface area contributed by atoms with Crippen molar-refractivity contribution < 1.29 is 0 Å². The minimum Gasteiger partial charge on any atom is -0.309 e. The summed E-state index contributed by atoms with van der Waals surface area (Å²) < 4.78 is 2.37. The average Bonchev–Trinajstić information content (AvgIpc) is 3.70. The third kappa shape index (κ3) is 4.12. The topological polar surface area (TPSA) is 30.7 Å². The highest BCUT2D eigenvalue weighted by molar-refractivity contribution is 6.09. The molecule has 234 valence electrons. The first-order valence-corrected chi connectivity index (χ1v) is 17.2. The van der Waals surface area contributed by atoms with E-state index in [1.54, 1.807) is 0 Å². The Labute approximate surface area is 290 Å². The lowest BCUT2D eigenvalue weighted by Gasteiger charge is -2.32. The summed E-state index contributed by atoms with van der Waals surface area (Å²) in [4.78, 5) is 11.0. The Kier molecular flexibility index (Phi) is 6.44. The smallest absolute Gasteiger partial charge is 0.136 e. The number of benzene rings is 5. The molecular weight excluding hydrogens is 607 g/mol. The molecule has 2 unspecified atom stereocenters. The van der Waals surface area contributed by atoms with E-state index < -0.39 is 5.41 Å². The molecule has 3 aliphatic carbocycles. The van der Waals surface area contributed by atoms with Crippen LogP contribution in [0.3, 0.4) is 0 Å². The van der Waals surface area contributed by atoms with Crippen LogP contribution in [0.25, 0.3) is 44.3 Å². The normalized spacial score (nSPS) is 18.7. The molecular formula is C47H31N3. The van der Waals surface area contributed by atoms with Crippen LogP contribution in [0.5, 0.6) is 0 Å². The first kappa shape index (κ1) is 28.5. The van der Waals surface area contributed by atoms with Gasteiger partial charge in [0.05, 0.1) is 27.8 Å². The lowest BCUT2D eigenvalue weighted by Crippen LogP contribution is -2.30. The van der Waals surface area contributed by atoms with E-state index in [0.717, 1.165) is 62.7 Å². The van der Waals surface area contributed by atoms with Gasteiger partial charge in [0.2, 0.25) is 0 Å². The number of hydrogen-bond donors (Lipinski definition) is 0. The fourth-order valence-electron chi connectivity index (χ4n) is 8.24. The molecule has 50 heavy (non-hydrogen) atoms. The third-order valence-electron chi connectivity index (χ3n) is 10.4. The van der Waals surface area contributed by atoms with E-state index in [1.807, 2.05) is 6.08 Å². The molecule has 0 aliphatic heterocycles. The van der Waals surface area contributed by atoms with Gasteiger partial charge >= 0.3 is 0 Å². The van der Waals surface area contributed by atoms with E-state index in [-0.39, 0.29) is 5.92 Å². The minimum atomic E-state index is -0.738. The molecule has 10 rings (SSSR count). The Bertz CT molecular complexity index is 2620. The number of para-hydroxylation sites is 2. The van der Waals surface area contributed by atoms with Crippen molar-refractivity contribution in [3.8, 4) is 16.9 Å². The summed E-state index contributed by atoms with van der Waals surface area (Å²) in [5.74, 6) is 0.917. The zero-order chi connectivity index (χ0) is 33.1. The highest BCUT2D eigenvalue weighted by Crippen LogP contribution is 2.58. The van der Waals surface area contributed by atoms with Gasteiger partial charge in [-0.1, -0.05) is 145 Å². The molecule has 0 saturated carbocycles. The van der Waals surface area contributed by atoms with E-state index in [2.05, 4.69) is 180 Å². The van der Waals surface area contributed by atoms with Crippen LogP contribution in [0.2, 0.25) is 0 Å². The van der Waals surface area contributed by atoms with Crippen molar-refractivity contribution in [2.24, 2.45) is 0 Å². The zero-order valence-electron chi connectivity index (χ0n) is 27.3. The van der Waals surface area contributed by atoms with Crippen molar-refractivity contribution in [1.29, 1.82) is 0 Å². The molecule has 3 heteroatoms. The SMILES string of the molecule is C1=C=C2C(=CC=1)c1c(-c3ccccc3)nc(C3C=CC=CC3)nc1C2(c1ccccc1)c1ccc(-n2c3ccccc3c3ccccc32)cc1. The molecule has 0 spiro atoms. The highest BCUT2D eigenvalue weighted by atomic mass is 15.0. The largest absolute Gasteiger partial charge is 0.309 e. The quantitative estimate of drug-likeness (QED) is 0.176. The van der Waals surface area contributed by atoms with Gasteiger partial charge in [0.15, 0.2) is 0 Å². The van der Waals surface area contributed by atoms with Gasteiger partial charge < -0.3 is 4.57 Å². The summed E-state index contributed by atoms with van der Waals surface area (Å²) in [6, 6.07) is 47.8. The van der Waals surface area contributed by atoms with Crippen LogP contribution in [0, 0.1) is 0 Å². The maximum atomic E-state index is 5.60. The van der Waals surface area contributed by atoms with E-state index >= 15 is 0 Å². The molecule has 0 radical (unpaired) electrons. The molecule has 0 fully saturated rings. The maximum absolute atomic E-state index is 5.60. The van der Waals surface area contributed by atoms with Crippen molar-refractivity contribution in [1.82, 2.24) is 14.5 Å². The van der Waals surface area contributed by atoms with Gasteiger partial charge in [-0.2, -0.15) is 0 Å². The maximum Gasteiger partial charge on any atom is 0.136 e. The first-order valence-electron chi connectivity index (χ1n) is 17.2. The Morgan fingerprint density at radius 2 is 1.32 bits per heavy atom. The number of rotatable bonds is 5. The van der Waals surface area contributed by atoms with E-state index in [4.69, 9.17) is 9.97 Å². The Hall–Kier alpha value is -6.50. The predicted molar refractivity (Wildman–Crippen MR) is 203 cm³/mol. The number of nitrogens with zero attached hydrogens (tertiary/aromatic N) is 3. The second-order valence-electron chi connectivity index (χ2n) is 13.1. The second-order valence-corrected chi connectivity index (χ2v) is 13.1. The summed E-state index contributed by atoms with van der Waals surface area (Å²) in [6.07, 6.45) is 13.6. The number of fused-ring (bicyclic) bond motifs is 6. The van der Waals surface area contributed by atoms with Gasteiger partial charge in [-0.05, 0) is 59.5 Å². The number of aromatic nitrogens is 3. The second kappa shape index (κ2) is 11.3. The average molecular weight is 638 g/mol. The molecule has 0 N–H and O–H groups in total. The van der Waals surface area contributed by atoms with Gasteiger partial charge in [-0.15, -0.1) is 0 Å². The molecule has 3 nitrogen and oxygen atoms in total. The van der Waals surface area contributed by atoms with Gasteiger partial charge in [0.1, 0.15) is 5.82 Å². The van der Waals surface area contributed by atoms with Crippen molar-refractivity contribution in [2.75, 3.05) is 0 Å². The molecule has 0 bridgehead atoms. The molecule has 5 aromatic carbocycles. The summed E-state index contributed by atoms with van der Waals surface area (Å²) in [7, 11) is 0. The highest BCUT2D eigenvalue weighted by Gasteiger charge is 2.52. The van der Waals surface area contributed by atoms with Gasteiger partial charge in [-0.3, -0.25) is 0 Å². The van der Waals surface area contributed by atoms with Gasteiger partial charge in [0, 0.05) is 39.1 Å². The Morgan fingerprint density at radius 1 is 0.660 bits per heavy atom. The van der Waals surface area contributed by atoms with Crippen molar-refractivity contribution in [3.05, 3.63) is 215 Å².